The molecule has 0 fully saturated rings. The fraction of sp³-hybridized carbons (Fsp3) is 0.150. The number of rotatable bonds is 2. The first-order chi connectivity index (χ1) is 13.9. The van der Waals surface area contributed by atoms with Gasteiger partial charge in [0.15, 0.2) is 5.82 Å². The van der Waals surface area contributed by atoms with Crippen molar-refractivity contribution in [3.05, 3.63) is 69.3 Å². The van der Waals surface area contributed by atoms with Gasteiger partial charge in [-0.2, -0.15) is 0 Å². The number of aryl methyl sites for hydroxylation is 2. The highest BCUT2D eigenvalue weighted by molar-refractivity contribution is 6.37. The summed E-state index contributed by atoms with van der Waals surface area (Å²) in [4.78, 5) is 22.8. The summed E-state index contributed by atoms with van der Waals surface area (Å²) in [6.07, 6.45) is -0.806. The molecule has 0 unspecified atom stereocenters. The molecule has 1 aromatic heterocycles. The molecule has 0 radical (unpaired) electrons. The monoisotopic (exact) mass is 458 g/mol. The first kappa shape index (κ1) is 25.1. The number of carboxylic acid groups (broad SMARTS) is 2. The van der Waals surface area contributed by atoms with Gasteiger partial charge in [0.2, 0.25) is 0 Å². The fourth-order valence-corrected chi connectivity index (χ4v) is 2.59. The van der Waals surface area contributed by atoms with Crippen molar-refractivity contribution in [3.8, 4) is 0 Å². The Bertz CT molecular complexity index is 1050. The summed E-state index contributed by atoms with van der Waals surface area (Å²) in [5.74, 6) is -3.30. The summed E-state index contributed by atoms with van der Waals surface area (Å²) in [7, 11) is 0. The molecule has 0 atom stereocenters. The standard InChI is InChI=1S/C10H6Cl2FN.C7H8FN.C3H4O4/c1-5-2-3-6-7(11)4-8(12)14-10(6)9(5)13;1-5-3-2-4-6(9)7(5)8;4-2(5)1-3(6)7/h2-4H,1H3;2-4H,9H2,1H3;1H2,(H,4,5)(H,6,7). The number of hydrogen-bond donors (Lipinski definition) is 3. The Morgan fingerprint density at radius 3 is 2.03 bits per heavy atom. The number of anilines is 1. The van der Waals surface area contributed by atoms with Gasteiger partial charge in [0.1, 0.15) is 22.9 Å². The molecule has 0 aliphatic carbocycles. The van der Waals surface area contributed by atoms with Gasteiger partial charge >= 0.3 is 11.9 Å². The number of hydrogen-bond acceptors (Lipinski definition) is 4. The van der Waals surface area contributed by atoms with Crippen molar-refractivity contribution in [1.29, 1.82) is 0 Å². The average Bonchev–Trinajstić information content (AvgIpc) is 2.63. The van der Waals surface area contributed by atoms with Gasteiger partial charge in [-0.3, -0.25) is 9.59 Å². The highest BCUT2D eigenvalue weighted by Crippen LogP contribution is 2.28. The maximum Gasteiger partial charge on any atom is 0.314 e. The van der Waals surface area contributed by atoms with Crippen LogP contribution in [0, 0.1) is 25.5 Å². The molecule has 1 heterocycles. The molecule has 6 nitrogen and oxygen atoms in total. The van der Waals surface area contributed by atoms with Crippen LogP contribution in [0.1, 0.15) is 17.5 Å². The van der Waals surface area contributed by atoms with Crippen LogP contribution in [-0.4, -0.2) is 27.1 Å². The van der Waals surface area contributed by atoms with Gasteiger partial charge in [-0.25, -0.2) is 13.8 Å². The third-order valence-electron chi connectivity index (χ3n) is 3.56. The van der Waals surface area contributed by atoms with Crippen LogP contribution in [0.25, 0.3) is 10.9 Å². The molecule has 0 amide bonds. The van der Waals surface area contributed by atoms with Crippen molar-refractivity contribution in [2.75, 3.05) is 5.73 Å². The van der Waals surface area contributed by atoms with Crippen LogP contribution in [0.4, 0.5) is 14.5 Å². The Hall–Kier alpha value is -2.97. The second-order valence-corrected chi connectivity index (χ2v) is 6.76. The SMILES string of the molecule is Cc1ccc2c(Cl)cc(Cl)nc2c1F.Cc1cccc(N)c1F.O=C(O)CC(=O)O. The molecule has 0 spiro atoms. The van der Waals surface area contributed by atoms with Crippen molar-refractivity contribution < 1.29 is 28.6 Å². The minimum atomic E-state index is -1.31. The van der Waals surface area contributed by atoms with Gasteiger partial charge in [0.05, 0.1) is 10.7 Å². The Labute approximate surface area is 180 Å². The molecule has 4 N–H and O–H groups in total. The fourth-order valence-electron chi connectivity index (χ4n) is 2.09. The van der Waals surface area contributed by atoms with Crippen LogP contribution >= 0.6 is 23.2 Å². The minimum Gasteiger partial charge on any atom is -0.481 e. The van der Waals surface area contributed by atoms with Crippen LogP contribution < -0.4 is 5.73 Å². The molecule has 30 heavy (non-hydrogen) atoms. The molecule has 0 aliphatic heterocycles. The van der Waals surface area contributed by atoms with Gasteiger partial charge < -0.3 is 15.9 Å². The second-order valence-electron chi connectivity index (χ2n) is 5.96. The van der Waals surface area contributed by atoms with Crippen molar-refractivity contribution in [1.82, 2.24) is 4.98 Å². The van der Waals surface area contributed by atoms with E-state index in [9.17, 15) is 18.4 Å². The molecular formula is C20H18Cl2F2N2O4. The molecule has 3 rings (SSSR count). The highest BCUT2D eigenvalue weighted by atomic mass is 35.5. The molecule has 2 aromatic carbocycles. The van der Waals surface area contributed by atoms with E-state index >= 15 is 0 Å². The Morgan fingerprint density at radius 2 is 1.57 bits per heavy atom. The molecular weight excluding hydrogens is 441 g/mol. The smallest absolute Gasteiger partial charge is 0.314 e. The van der Waals surface area contributed by atoms with Gasteiger partial charge in [-0.15, -0.1) is 0 Å². The Kier molecular flexibility index (Phi) is 9.42. The number of nitrogens with two attached hydrogens (primary N) is 1. The zero-order valence-corrected chi connectivity index (χ0v) is 17.4. The molecule has 0 saturated heterocycles. The lowest BCUT2D eigenvalue weighted by atomic mass is 10.1. The summed E-state index contributed by atoms with van der Waals surface area (Å²) in [6.45, 7) is 3.36. The number of nitrogens with zero attached hydrogens (tertiary/aromatic N) is 1. The number of aromatic nitrogens is 1. The number of aliphatic carboxylic acids is 2. The zero-order chi connectivity index (χ0) is 23.0. The summed E-state index contributed by atoms with van der Waals surface area (Å²) < 4.78 is 26.2. The summed E-state index contributed by atoms with van der Waals surface area (Å²) >= 11 is 11.6. The lowest BCUT2D eigenvalue weighted by molar-refractivity contribution is -0.147. The summed E-state index contributed by atoms with van der Waals surface area (Å²) in [5.41, 5.74) is 6.81. The number of nitrogen functional groups attached to an aromatic ring is 1. The minimum absolute atomic E-state index is 0.201. The van der Waals surface area contributed by atoms with E-state index in [1.165, 1.54) is 6.07 Å². The summed E-state index contributed by atoms with van der Waals surface area (Å²) in [6, 6.07) is 9.86. The van der Waals surface area contributed by atoms with Crippen molar-refractivity contribution in [2.24, 2.45) is 0 Å². The largest absolute Gasteiger partial charge is 0.481 e. The molecule has 0 aliphatic rings. The second kappa shape index (κ2) is 11.3. The summed E-state index contributed by atoms with van der Waals surface area (Å²) in [5, 5.41) is 16.6. The predicted octanol–water partition coefficient (Wildman–Crippen LogP) is 5.25. The van der Waals surface area contributed by atoms with E-state index in [1.54, 1.807) is 44.2 Å². The van der Waals surface area contributed by atoms with Gasteiger partial charge in [-0.05, 0) is 37.1 Å². The van der Waals surface area contributed by atoms with E-state index in [2.05, 4.69) is 4.98 Å². The maximum absolute atomic E-state index is 13.6. The van der Waals surface area contributed by atoms with E-state index in [0.717, 1.165) is 0 Å². The van der Waals surface area contributed by atoms with E-state index in [0.29, 0.717) is 21.5 Å². The zero-order valence-electron chi connectivity index (χ0n) is 15.9. The predicted molar refractivity (Wildman–Crippen MR) is 112 cm³/mol. The van der Waals surface area contributed by atoms with E-state index in [-0.39, 0.29) is 28.0 Å². The van der Waals surface area contributed by atoms with Crippen LogP contribution in [-0.2, 0) is 9.59 Å². The molecule has 10 heteroatoms. The third-order valence-corrected chi connectivity index (χ3v) is 4.06. The molecule has 160 valence electrons. The van der Waals surface area contributed by atoms with Crippen molar-refractivity contribution in [3.63, 3.8) is 0 Å². The number of carbonyl (C=O) groups is 2. The number of carboxylic acids is 2. The van der Waals surface area contributed by atoms with Gasteiger partial charge in [0.25, 0.3) is 0 Å². The van der Waals surface area contributed by atoms with Crippen LogP contribution in [0.5, 0.6) is 0 Å². The molecule has 0 bridgehead atoms. The van der Waals surface area contributed by atoms with Gasteiger partial charge in [-0.1, -0.05) is 47.5 Å². The first-order valence-electron chi connectivity index (χ1n) is 8.29. The molecule has 0 saturated carbocycles. The third kappa shape index (κ3) is 7.46. The normalized spacial score (nSPS) is 9.80. The Balaban J connectivity index is 0.000000244. The highest BCUT2D eigenvalue weighted by Gasteiger charge is 2.09. The lowest BCUT2D eigenvalue weighted by Gasteiger charge is -2.03. The number of halogens is 4. The van der Waals surface area contributed by atoms with Crippen molar-refractivity contribution in [2.45, 2.75) is 20.3 Å². The van der Waals surface area contributed by atoms with Crippen LogP contribution in [0.2, 0.25) is 10.2 Å². The number of benzene rings is 2. The lowest BCUT2D eigenvalue weighted by Crippen LogP contribution is -2.03. The number of pyridine rings is 1. The van der Waals surface area contributed by atoms with Crippen LogP contribution in [0.3, 0.4) is 0 Å². The van der Waals surface area contributed by atoms with E-state index < -0.39 is 18.4 Å². The quantitative estimate of drug-likeness (QED) is 0.274. The van der Waals surface area contributed by atoms with E-state index in [1.807, 2.05) is 0 Å². The van der Waals surface area contributed by atoms with Crippen LogP contribution in [0.15, 0.2) is 36.4 Å². The van der Waals surface area contributed by atoms with Crippen molar-refractivity contribution >= 4 is 51.7 Å². The topological polar surface area (TPSA) is 114 Å². The maximum atomic E-state index is 13.6. The average molecular weight is 459 g/mol. The van der Waals surface area contributed by atoms with E-state index in [4.69, 9.17) is 39.1 Å². The number of fused-ring (bicyclic) bond motifs is 1. The molecule has 3 aromatic rings. The van der Waals surface area contributed by atoms with Gasteiger partial charge in [0, 0.05) is 5.39 Å². The Morgan fingerprint density at radius 1 is 1.00 bits per heavy atom. The first-order valence-corrected chi connectivity index (χ1v) is 9.04.